The lowest BCUT2D eigenvalue weighted by atomic mass is 10.2. The number of β-amino-alcohol motifs (C(OH)–C–C–N with tert-alkyl or cyclic N) is 1. The number of aliphatic hydroxyl groups is 1. The number of nitrogens with zero attached hydrogens (tertiary/aromatic N) is 1. The molecular weight excluding hydrogens is 204 g/mol. The first kappa shape index (κ1) is 10.1. The fourth-order valence-corrected chi connectivity index (χ4v) is 3.90. The second kappa shape index (κ2) is 4.89. The molecule has 3 nitrogen and oxygen atoms in total. The molecule has 2 heterocycles. The molecule has 0 aromatic heterocycles. The molecule has 0 radical (unpaired) electrons. The third kappa shape index (κ3) is 2.53. The molecule has 0 saturated carbocycles. The summed E-state index contributed by atoms with van der Waals surface area (Å²) in [5, 5.41) is 12.9. The lowest BCUT2D eigenvalue weighted by Crippen LogP contribution is -2.44. The fraction of sp³-hybridized carbons (Fsp3) is 1.00. The minimum atomic E-state index is -0.159. The highest BCUT2D eigenvalue weighted by Gasteiger charge is 2.30. The quantitative estimate of drug-likeness (QED) is 0.609. The zero-order chi connectivity index (χ0) is 9.10. The van der Waals surface area contributed by atoms with Crippen LogP contribution < -0.4 is 5.32 Å². The average Bonchev–Trinajstić information content (AvgIpc) is 2.43. The maximum Gasteiger partial charge on any atom is 0.0831 e. The van der Waals surface area contributed by atoms with Gasteiger partial charge in [0, 0.05) is 43.7 Å². The van der Waals surface area contributed by atoms with E-state index in [1.807, 2.05) is 21.6 Å². The van der Waals surface area contributed by atoms with E-state index in [1.54, 1.807) is 0 Å². The summed E-state index contributed by atoms with van der Waals surface area (Å²) >= 11 is 0. The van der Waals surface area contributed by atoms with Crippen molar-refractivity contribution in [3.63, 3.8) is 0 Å². The highest BCUT2D eigenvalue weighted by Crippen LogP contribution is 2.25. The number of hydrogen-bond donors (Lipinski definition) is 2. The highest BCUT2D eigenvalue weighted by atomic mass is 33.1. The second-order valence-electron chi connectivity index (χ2n) is 3.47. The molecule has 0 unspecified atom stereocenters. The number of nitrogens with one attached hydrogen (secondary N) is 1. The van der Waals surface area contributed by atoms with E-state index >= 15 is 0 Å². The van der Waals surface area contributed by atoms with Gasteiger partial charge in [-0.25, -0.2) is 0 Å². The predicted molar refractivity (Wildman–Crippen MR) is 59.2 cm³/mol. The van der Waals surface area contributed by atoms with Crippen LogP contribution in [0.1, 0.15) is 0 Å². The Balaban J connectivity index is 1.89. The zero-order valence-electron chi connectivity index (χ0n) is 7.61. The van der Waals surface area contributed by atoms with E-state index in [4.69, 9.17) is 0 Å². The molecule has 2 saturated heterocycles. The van der Waals surface area contributed by atoms with Gasteiger partial charge in [-0.2, -0.15) is 0 Å². The Morgan fingerprint density at radius 3 is 2.38 bits per heavy atom. The second-order valence-corrected chi connectivity index (χ2v) is 6.17. The van der Waals surface area contributed by atoms with Gasteiger partial charge in [0.25, 0.3) is 0 Å². The highest BCUT2D eigenvalue weighted by molar-refractivity contribution is 8.76. The minimum absolute atomic E-state index is 0.159. The summed E-state index contributed by atoms with van der Waals surface area (Å²) in [6.07, 6.45) is -0.159. The van der Waals surface area contributed by atoms with Gasteiger partial charge in [0.15, 0.2) is 0 Å². The number of aliphatic hydroxyl groups excluding tert-OH is 1. The topological polar surface area (TPSA) is 35.5 Å². The van der Waals surface area contributed by atoms with Crippen LogP contribution in [-0.4, -0.2) is 59.8 Å². The lowest BCUT2D eigenvalue weighted by Gasteiger charge is -2.28. The van der Waals surface area contributed by atoms with Crippen LogP contribution in [0, 0.1) is 0 Å². The smallest absolute Gasteiger partial charge is 0.0831 e. The summed E-state index contributed by atoms with van der Waals surface area (Å²) in [5.41, 5.74) is 0. The lowest BCUT2D eigenvalue weighted by molar-refractivity contribution is 0.0916. The van der Waals surface area contributed by atoms with Crippen LogP contribution in [0.4, 0.5) is 0 Å². The SMILES string of the molecule is O[C@@H]1CNC[C@H]1N1CCSSCC1. The van der Waals surface area contributed by atoms with Gasteiger partial charge in [-0.3, -0.25) is 4.90 Å². The van der Waals surface area contributed by atoms with E-state index in [9.17, 15) is 5.11 Å². The van der Waals surface area contributed by atoms with Crippen molar-refractivity contribution in [2.75, 3.05) is 37.7 Å². The number of hydrogen-bond acceptors (Lipinski definition) is 5. The van der Waals surface area contributed by atoms with E-state index in [2.05, 4.69) is 10.2 Å². The first-order valence-electron chi connectivity index (χ1n) is 4.75. The van der Waals surface area contributed by atoms with Crippen LogP contribution >= 0.6 is 21.6 Å². The van der Waals surface area contributed by atoms with Crippen molar-refractivity contribution < 1.29 is 5.11 Å². The third-order valence-electron chi connectivity index (χ3n) is 2.63. The molecule has 0 spiro atoms. The molecule has 0 amide bonds. The Labute approximate surface area is 87.0 Å². The summed E-state index contributed by atoms with van der Waals surface area (Å²) in [5.74, 6) is 2.38. The average molecular weight is 220 g/mol. The van der Waals surface area contributed by atoms with E-state index in [0.29, 0.717) is 6.04 Å². The molecule has 0 bridgehead atoms. The fourth-order valence-electron chi connectivity index (χ4n) is 1.89. The largest absolute Gasteiger partial charge is 0.390 e. The Morgan fingerprint density at radius 1 is 1.15 bits per heavy atom. The van der Waals surface area contributed by atoms with E-state index in [1.165, 1.54) is 11.5 Å². The molecule has 0 aromatic rings. The molecule has 2 aliphatic rings. The molecule has 0 aromatic carbocycles. The summed E-state index contributed by atoms with van der Waals surface area (Å²) in [7, 11) is 3.90. The first-order valence-corrected chi connectivity index (χ1v) is 7.24. The Bertz CT molecular complexity index is 162. The van der Waals surface area contributed by atoms with Gasteiger partial charge in [0.05, 0.1) is 6.10 Å². The van der Waals surface area contributed by atoms with Gasteiger partial charge in [0.2, 0.25) is 0 Å². The maximum atomic E-state index is 9.72. The Hall–Kier alpha value is 0.580. The van der Waals surface area contributed by atoms with Crippen molar-refractivity contribution in [2.24, 2.45) is 0 Å². The third-order valence-corrected chi connectivity index (χ3v) is 4.99. The molecular formula is C8H16N2OS2. The van der Waals surface area contributed by atoms with Crippen molar-refractivity contribution in [1.82, 2.24) is 10.2 Å². The maximum absolute atomic E-state index is 9.72. The van der Waals surface area contributed by atoms with Gasteiger partial charge < -0.3 is 10.4 Å². The normalized spacial score (nSPS) is 37.6. The van der Waals surface area contributed by atoms with Gasteiger partial charge in [-0.15, -0.1) is 0 Å². The van der Waals surface area contributed by atoms with Crippen LogP contribution in [0.25, 0.3) is 0 Å². The minimum Gasteiger partial charge on any atom is -0.390 e. The van der Waals surface area contributed by atoms with E-state index in [0.717, 1.165) is 26.2 Å². The summed E-state index contributed by atoms with van der Waals surface area (Å²) in [6, 6.07) is 0.360. The van der Waals surface area contributed by atoms with Gasteiger partial charge >= 0.3 is 0 Å². The molecule has 76 valence electrons. The van der Waals surface area contributed by atoms with Crippen molar-refractivity contribution >= 4 is 21.6 Å². The molecule has 2 aliphatic heterocycles. The molecule has 13 heavy (non-hydrogen) atoms. The number of rotatable bonds is 1. The van der Waals surface area contributed by atoms with Crippen molar-refractivity contribution in [3.8, 4) is 0 Å². The molecule has 2 N–H and O–H groups in total. The van der Waals surface area contributed by atoms with Crippen LogP contribution in [0.3, 0.4) is 0 Å². The zero-order valence-corrected chi connectivity index (χ0v) is 9.24. The van der Waals surface area contributed by atoms with Crippen LogP contribution in [0.15, 0.2) is 0 Å². The standard InChI is InChI=1S/C8H16N2OS2/c11-8-6-9-5-7(8)10-1-3-12-13-4-2-10/h7-9,11H,1-6H2/t7-,8-/m1/s1. The summed E-state index contributed by atoms with van der Waals surface area (Å²) in [4.78, 5) is 2.43. The van der Waals surface area contributed by atoms with E-state index in [-0.39, 0.29) is 6.10 Å². The Kier molecular flexibility index (Phi) is 3.80. The van der Waals surface area contributed by atoms with Gasteiger partial charge in [-0.05, 0) is 0 Å². The summed E-state index contributed by atoms with van der Waals surface area (Å²) in [6.45, 7) is 3.97. The molecule has 2 rings (SSSR count). The summed E-state index contributed by atoms with van der Waals surface area (Å²) < 4.78 is 0. The molecule has 5 heteroatoms. The van der Waals surface area contributed by atoms with Crippen LogP contribution in [0.5, 0.6) is 0 Å². The van der Waals surface area contributed by atoms with Crippen molar-refractivity contribution in [1.29, 1.82) is 0 Å². The van der Waals surface area contributed by atoms with E-state index < -0.39 is 0 Å². The Morgan fingerprint density at radius 2 is 1.85 bits per heavy atom. The van der Waals surface area contributed by atoms with Crippen LogP contribution in [-0.2, 0) is 0 Å². The molecule has 2 fully saturated rings. The monoisotopic (exact) mass is 220 g/mol. The van der Waals surface area contributed by atoms with Crippen LogP contribution in [0.2, 0.25) is 0 Å². The van der Waals surface area contributed by atoms with Crippen molar-refractivity contribution in [2.45, 2.75) is 12.1 Å². The predicted octanol–water partition coefficient (Wildman–Crippen LogP) is 0.0161. The molecule has 2 atom stereocenters. The van der Waals surface area contributed by atoms with Crippen molar-refractivity contribution in [3.05, 3.63) is 0 Å². The molecule has 0 aliphatic carbocycles. The first-order chi connectivity index (χ1) is 6.38. The van der Waals surface area contributed by atoms with Gasteiger partial charge in [0.1, 0.15) is 0 Å². The van der Waals surface area contributed by atoms with Gasteiger partial charge in [-0.1, -0.05) is 21.6 Å².